The van der Waals surface area contributed by atoms with Gasteiger partial charge in [-0.1, -0.05) is 76.2 Å². The van der Waals surface area contributed by atoms with Crippen molar-refractivity contribution in [3.8, 4) is 16.9 Å². The molecule has 0 saturated carbocycles. The monoisotopic (exact) mass is 332 g/mol. The number of hydrazine groups is 1. The van der Waals surface area contributed by atoms with Gasteiger partial charge in [0.15, 0.2) is 0 Å². The first-order valence-electron chi connectivity index (χ1n) is 8.20. The van der Waals surface area contributed by atoms with E-state index in [1.165, 1.54) is 0 Å². The third-order valence-corrected chi connectivity index (χ3v) is 4.37. The van der Waals surface area contributed by atoms with Crippen molar-refractivity contribution in [1.29, 1.82) is 0 Å². The second kappa shape index (κ2) is 9.60. The minimum Gasteiger partial charge on any atom is -0.428 e. The molecule has 0 unspecified atom stereocenters. The SMILES string of the molecule is CC.CCC(CC)(NN)c1cccc(-c2ccccc2)c1OS. The number of nitrogens with one attached hydrogen (secondary N) is 1. The lowest BCUT2D eigenvalue weighted by molar-refractivity contribution is 0.308. The Balaban J connectivity index is 0.00000127. The van der Waals surface area contributed by atoms with E-state index in [4.69, 9.17) is 10.0 Å². The molecule has 0 heterocycles. The molecule has 0 aromatic heterocycles. The molecule has 0 atom stereocenters. The van der Waals surface area contributed by atoms with E-state index in [-0.39, 0.29) is 5.54 Å². The molecule has 0 aliphatic carbocycles. The van der Waals surface area contributed by atoms with Gasteiger partial charge in [0.05, 0.1) is 5.54 Å². The standard InChI is InChI=1S/C17H22N2OS.C2H6/c1-3-17(4-2,19-18)15-12-8-11-14(16(15)20-21)13-9-6-5-7-10-13;1-2/h5-12,19,21H,3-4,18H2,1-2H3;1-2H3. The van der Waals surface area contributed by atoms with Gasteiger partial charge in [-0.15, -0.1) is 0 Å². The van der Waals surface area contributed by atoms with E-state index in [1.807, 2.05) is 50.2 Å². The van der Waals surface area contributed by atoms with Crippen molar-refractivity contribution in [3.63, 3.8) is 0 Å². The second-order valence-electron chi connectivity index (χ2n) is 5.07. The first-order valence-corrected chi connectivity index (χ1v) is 8.57. The highest BCUT2D eigenvalue weighted by molar-refractivity contribution is 7.75. The number of hydrogen-bond donors (Lipinski definition) is 3. The largest absolute Gasteiger partial charge is 0.428 e. The van der Waals surface area contributed by atoms with Crippen molar-refractivity contribution in [2.24, 2.45) is 5.84 Å². The number of benzene rings is 2. The fourth-order valence-corrected chi connectivity index (χ4v) is 2.97. The van der Waals surface area contributed by atoms with Gasteiger partial charge in [-0.3, -0.25) is 5.84 Å². The number of hydrogen-bond acceptors (Lipinski definition) is 4. The summed E-state index contributed by atoms with van der Waals surface area (Å²) in [5, 5.41) is 0. The van der Waals surface area contributed by atoms with Gasteiger partial charge in [0.25, 0.3) is 0 Å². The molecule has 3 N–H and O–H groups in total. The molecule has 0 amide bonds. The van der Waals surface area contributed by atoms with E-state index < -0.39 is 0 Å². The minimum atomic E-state index is -0.317. The highest BCUT2D eigenvalue weighted by Gasteiger charge is 2.31. The molecule has 23 heavy (non-hydrogen) atoms. The lowest BCUT2D eigenvalue weighted by atomic mass is 9.83. The molecular weight excluding hydrogens is 304 g/mol. The van der Waals surface area contributed by atoms with Crippen molar-refractivity contribution < 1.29 is 4.18 Å². The molecule has 2 aromatic carbocycles. The molecule has 0 saturated heterocycles. The molecule has 0 fully saturated rings. The number of para-hydroxylation sites is 1. The van der Waals surface area contributed by atoms with Crippen LogP contribution in [0, 0.1) is 0 Å². The second-order valence-corrected chi connectivity index (χ2v) is 5.26. The van der Waals surface area contributed by atoms with Crippen LogP contribution in [0.5, 0.6) is 5.75 Å². The topological polar surface area (TPSA) is 47.3 Å². The highest BCUT2D eigenvalue weighted by Crippen LogP contribution is 2.41. The molecule has 0 aliphatic rings. The van der Waals surface area contributed by atoms with Gasteiger partial charge in [-0.2, -0.15) is 0 Å². The van der Waals surface area contributed by atoms with Gasteiger partial charge >= 0.3 is 0 Å². The van der Waals surface area contributed by atoms with Crippen molar-refractivity contribution >= 4 is 12.9 Å². The van der Waals surface area contributed by atoms with Crippen LogP contribution >= 0.6 is 12.9 Å². The molecule has 2 aromatic rings. The van der Waals surface area contributed by atoms with Gasteiger partial charge < -0.3 is 4.18 Å². The highest BCUT2D eigenvalue weighted by atomic mass is 32.1. The van der Waals surface area contributed by atoms with E-state index >= 15 is 0 Å². The quantitative estimate of drug-likeness (QED) is 0.299. The third-order valence-electron chi connectivity index (χ3n) is 4.19. The Hall–Kier alpha value is -1.49. The van der Waals surface area contributed by atoms with Gasteiger partial charge in [-0.05, 0) is 18.4 Å². The Morgan fingerprint density at radius 1 is 1.00 bits per heavy atom. The lowest BCUT2D eigenvalue weighted by Gasteiger charge is -2.33. The van der Waals surface area contributed by atoms with E-state index in [1.54, 1.807) is 0 Å². The zero-order valence-electron chi connectivity index (χ0n) is 14.5. The molecule has 0 radical (unpaired) electrons. The molecular formula is C19H28N2OS. The van der Waals surface area contributed by atoms with Crippen LogP contribution in [0.25, 0.3) is 11.1 Å². The average molecular weight is 333 g/mol. The van der Waals surface area contributed by atoms with Crippen LogP contribution in [-0.4, -0.2) is 0 Å². The maximum absolute atomic E-state index is 5.84. The van der Waals surface area contributed by atoms with Gasteiger partial charge in [0.1, 0.15) is 5.75 Å². The lowest BCUT2D eigenvalue weighted by Crippen LogP contribution is -2.46. The minimum absolute atomic E-state index is 0.317. The fraction of sp³-hybridized carbons (Fsp3) is 0.368. The summed E-state index contributed by atoms with van der Waals surface area (Å²) in [6.07, 6.45) is 1.73. The molecule has 0 bridgehead atoms. The predicted molar refractivity (Wildman–Crippen MR) is 102 cm³/mol. The Morgan fingerprint density at radius 2 is 1.61 bits per heavy atom. The van der Waals surface area contributed by atoms with Gasteiger partial charge in [0, 0.05) is 24.0 Å². The summed E-state index contributed by atoms with van der Waals surface area (Å²) in [4.78, 5) is 0. The first-order chi connectivity index (χ1) is 11.2. The smallest absolute Gasteiger partial charge is 0.149 e. The summed E-state index contributed by atoms with van der Waals surface area (Å²) in [6.45, 7) is 8.22. The van der Waals surface area contributed by atoms with Crippen molar-refractivity contribution in [2.75, 3.05) is 0 Å². The van der Waals surface area contributed by atoms with Crippen molar-refractivity contribution in [2.45, 2.75) is 46.1 Å². The van der Waals surface area contributed by atoms with Gasteiger partial charge in [0.2, 0.25) is 0 Å². The van der Waals surface area contributed by atoms with Crippen LogP contribution < -0.4 is 15.5 Å². The number of thiol groups is 1. The normalized spacial score (nSPS) is 10.7. The van der Waals surface area contributed by atoms with E-state index in [0.29, 0.717) is 0 Å². The fourth-order valence-electron chi connectivity index (χ4n) is 2.77. The van der Waals surface area contributed by atoms with Crippen LogP contribution in [0.1, 0.15) is 46.1 Å². The third kappa shape index (κ3) is 4.08. The van der Waals surface area contributed by atoms with Crippen LogP contribution in [0.3, 0.4) is 0 Å². The molecule has 126 valence electrons. The zero-order chi connectivity index (χ0) is 17.3. The Kier molecular flexibility index (Phi) is 8.17. The van der Waals surface area contributed by atoms with Gasteiger partial charge in [-0.25, -0.2) is 5.43 Å². The summed E-state index contributed by atoms with van der Waals surface area (Å²) in [5.41, 5.74) is 5.80. The molecule has 0 spiro atoms. The summed E-state index contributed by atoms with van der Waals surface area (Å²) in [6, 6.07) is 16.3. The Morgan fingerprint density at radius 3 is 2.09 bits per heavy atom. The van der Waals surface area contributed by atoms with Crippen LogP contribution in [0.4, 0.5) is 0 Å². The van der Waals surface area contributed by atoms with Crippen molar-refractivity contribution in [3.05, 3.63) is 54.1 Å². The summed E-state index contributed by atoms with van der Waals surface area (Å²) >= 11 is 4.08. The van der Waals surface area contributed by atoms with Crippen molar-refractivity contribution in [1.82, 2.24) is 5.43 Å². The molecule has 0 aliphatic heterocycles. The van der Waals surface area contributed by atoms with Crippen LogP contribution in [0.15, 0.2) is 48.5 Å². The number of rotatable bonds is 6. The average Bonchev–Trinajstić information content (AvgIpc) is 2.66. The summed E-state index contributed by atoms with van der Waals surface area (Å²) in [7, 11) is 0. The zero-order valence-corrected chi connectivity index (χ0v) is 15.4. The van der Waals surface area contributed by atoms with E-state index in [0.717, 1.165) is 35.3 Å². The van der Waals surface area contributed by atoms with Crippen LogP contribution in [-0.2, 0) is 5.54 Å². The van der Waals surface area contributed by atoms with E-state index in [9.17, 15) is 0 Å². The summed E-state index contributed by atoms with van der Waals surface area (Å²) in [5.74, 6) is 6.60. The maximum atomic E-state index is 5.84. The summed E-state index contributed by atoms with van der Waals surface area (Å²) < 4.78 is 5.44. The first kappa shape index (κ1) is 19.6. The molecule has 4 heteroatoms. The molecule has 3 nitrogen and oxygen atoms in total. The predicted octanol–water partition coefficient (Wildman–Crippen LogP) is 5.08. The number of nitrogens with two attached hydrogens (primary N) is 1. The van der Waals surface area contributed by atoms with E-state index in [2.05, 4.69) is 44.3 Å². The Labute approximate surface area is 145 Å². The Bertz CT molecular complexity index is 575. The molecule has 2 rings (SSSR count). The maximum Gasteiger partial charge on any atom is 0.149 e. The van der Waals surface area contributed by atoms with Crippen LogP contribution in [0.2, 0.25) is 0 Å².